The summed E-state index contributed by atoms with van der Waals surface area (Å²) in [5, 5.41) is 6.38. The topological polar surface area (TPSA) is 59.0 Å². The molecule has 1 aliphatic heterocycles. The average Bonchev–Trinajstić information content (AvgIpc) is 2.99. The second kappa shape index (κ2) is 6.39. The van der Waals surface area contributed by atoms with Crippen LogP contribution < -0.4 is 10.6 Å². The molecule has 1 aromatic rings. The Morgan fingerprint density at radius 3 is 3.24 bits per heavy atom. The van der Waals surface area contributed by atoms with Crippen molar-refractivity contribution < 1.29 is 4.79 Å². The summed E-state index contributed by atoms with van der Waals surface area (Å²) in [6.45, 7) is 2.60. The number of nitrogens with one attached hydrogen (secondary N) is 2. The van der Waals surface area contributed by atoms with Crippen molar-refractivity contribution in [2.45, 2.75) is 38.3 Å². The summed E-state index contributed by atoms with van der Waals surface area (Å²) >= 11 is 0. The van der Waals surface area contributed by atoms with Crippen LogP contribution in [0.1, 0.15) is 25.7 Å². The van der Waals surface area contributed by atoms with E-state index in [0.717, 1.165) is 19.5 Å². The van der Waals surface area contributed by atoms with Crippen LogP contribution in [0.5, 0.6) is 0 Å². The highest BCUT2D eigenvalue weighted by Crippen LogP contribution is 2.07. The summed E-state index contributed by atoms with van der Waals surface area (Å²) in [4.78, 5) is 15.5. The van der Waals surface area contributed by atoms with E-state index in [-0.39, 0.29) is 5.91 Å². The highest BCUT2D eigenvalue weighted by molar-refractivity contribution is 5.75. The van der Waals surface area contributed by atoms with Crippen LogP contribution in [0.25, 0.3) is 0 Å². The van der Waals surface area contributed by atoms with E-state index in [1.165, 1.54) is 12.8 Å². The molecule has 1 fully saturated rings. The van der Waals surface area contributed by atoms with Crippen LogP contribution in [0.2, 0.25) is 0 Å². The number of carbonyl (C=O) groups is 1. The van der Waals surface area contributed by atoms with Gasteiger partial charge in [-0.05, 0) is 25.8 Å². The Balaban J connectivity index is 1.54. The molecule has 5 heteroatoms. The van der Waals surface area contributed by atoms with Gasteiger partial charge in [0.05, 0.1) is 6.33 Å². The van der Waals surface area contributed by atoms with Gasteiger partial charge in [0, 0.05) is 37.9 Å². The van der Waals surface area contributed by atoms with Gasteiger partial charge >= 0.3 is 0 Å². The van der Waals surface area contributed by atoms with Crippen molar-refractivity contribution in [3.63, 3.8) is 0 Å². The molecule has 0 aliphatic carbocycles. The number of aromatic nitrogens is 2. The van der Waals surface area contributed by atoms with E-state index in [9.17, 15) is 4.79 Å². The molecule has 17 heavy (non-hydrogen) atoms. The van der Waals surface area contributed by atoms with Crippen LogP contribution in [-0.4, -0.2) is 34.6 Å². The highest BCUT2D eigenvalue weighted by Gasteiger charge is 2.13. The fourth-order valence-electron chi connectivity index (χ4n) is 2.13. The Morgan fingerprint density at radius 1 is 1.59 bits per heavy atom. The standard InChI is InChI=1S/C12H20N4O/c17-12(4-8-16-9-7-13-10-16)15-6-3-11-2-1-5-14-11/h7,9-11,14H,1-6,8H2,(H,15,17). The van der Waals surface area contributed by atoms with Crippen LogP contribution in [-0.2, 0) is 11.3 Å². The summed E-state index contributed by atoms with van der Waals surface area (Å²) in [6, 6.07) is 0.601. The van der Waals surface area contributed by atoms with Crippen molar-refractivity contribution in [3.05, 3.63) is 18.7 Å². The predicted molar refractivity (Wildman–Crippen MR) is 65.5 cm³/mol. The first kappa shape index (κ1) is 12.1. The molecule has 1 amide bonds. The Hall–Kier alpha value is -1.36. The molecule has 1 unspecified atom stereocenters. The largest absolute Gasteiger partial charge is 0.356 e. The van der Waals surface area contributed by atoms with Gasteiger partial charge in [0.25, 0.3) is 0 Å². The number of nitrogens with zero attached hydrogens (tertiary/aromatic N) is 2. The first-order valence-electron chi connectivity index (χ1n) is 6.30. The lowest BCUT2D eigenvalue weighted by Gasteiger charge is -2.10. The third-order valence-corrected chi connectivity index (χ3v) is 3.13. The predicted octanol–water partition coefficient (Wildman–Crippen LogP) is 0.531. The van der Waals surface area contributed by atoms with E-state index in [2.05, 4.69) is 15.6 Å². The van der Waals surface area contributed by atoms with Gasteiger partial charge in [0.1, 0.15) is 0 Å². The minimum atomic E-state index is 0.122. The Labute approximate surface area is 102 Å². The molecule has 0 aromatic carbocycles. The zero-order chi connectivity index (χ0) is 11.9. The molecular weight excluding hydrogens is 216 g/mol. The molecule has 2 N–H and O–H groups in total. The van der Waals surface area contributed by atoms with Crippen molar-refractivity contribution in [1.29, 1.82) is 0 Å². The Bertz CT molecular complexity index is 330. The summed E-state index contributed by atoms with van der Waals surface area (Å²) in [5.41, 5.74) is 0. The lowest BCUT2D eigenvalue weighted by Crippen LogP contribution is -2.30. The third-order valence-electron chi connectivity index (χ3n) is 3.13. The van der Waals surface area contributed by atoms with Gasteiger partial charge in [-0.1, -0.05) is 0 Å². The Kier molecular flexibility index (Phi) is 4.55. The van der Waals surface area contributed by atoms with Crippen LogP contribution in [0.3, 0.4) is 0 Å². The molecule has 94 valence electrons. The minimum absolute atomic E-state index is 0.122. The monoisotopic (exact) mass is 236 g/mol. The zero-order valence-electron chi connectivity index (χ0n) is 10.1. The first-order valence-corrected chi connectivity index (χ1v) is 6.30. The van der Waals surface area contributed by atoms with Gasteiger partial charge in [0.15, 0.2) is 0 Å². The van der Waals surface area contributed by atoms with E-state index < -0.39 is 0 Å². The Morgan fingerprint density at radius 2 is 2.53 bits per heavy atom. The molecule has 1 saturated heterocycles. The van der Waals surface area contributed by atoms with Gasteiger partial charge in [-0.25, -0.2) is 4.98 Å². The molecule has 2 heterocycles. The molecule has 0 saturated carbocycles. The van der Waals surface area contributed by atoms with Crippen molar-refractivity contribution in [1.82, 2.24) is 20.2 Å². The lowest BCUT2D eigenvalue weighted by atomic mass is 10.1. The maximum atomic E-state index is 11.5. The molecular formula is C12H20N4O. The van der Waals surface area contributed by atoms with Crippen LogP contribution >= 0.6 is 0 Å². The summed E-state index contributed by atoms with van der Waals surface area (Å²) in [7, 11) is 0. The lowest BCUT2D eigenvalue weighted by molar-refractivity contribution is -0.121. The van der Waals surface area contributed by atoms with Gasteiger partial charge < -0.3 is 15.2 Å². The van der Waals surface area contributed by atoms with Crippen molar-refractivity contribution in [3.8, 4) is 0 Å². The second-order valence-electron chi connectivity index (χ2n) is 4.48. The quantitative estimate of drug-likeness (QED) is 0.757. The first-order chi connectivity index (χ1) is 8.34. The number of hydrogen-bond donors (Lipinski definition) is 2. The molecule has 0 bridgehead atoms. The number of amides is 1. The minimum Gasteiger partial charge on any atom is -0.356 e. The molecule has 1 atom stereocenters. The average molecular weight is 236 g/mol. The van der Waals surface area contributed by atoms with Gasteiger partial charge in [-0.3, -0.25) is 4.79 Å². The normalized spacial score (nSPS) is 19.4. The maximum Gasteiger partial charge on any atom is 0.221 e. The van der Waals surface area contributed by atoms with E-state index in [0.29, 0.717) is 19.0 Å². The molecule has 2 rings (SSSR count). The molecule has 1 aromatic heterocycles. The van der Waals surface area contributed by atoms with Crippen LogP contribution in [0.15, 0.2) is 18.7 Å². The summed E-state index contributed by atoms with van der Waals surface area (Å²) in [5.74, 6) is 0.122. The van der Waals surface area contributed by atoms with Gasteiger partial charge in [-0.2, -0.15) is 0 Å². The van der Waals surface area contributed by atoms with Crippen molar-refractivity contribution >= 4 is 5.91 Å². The van der Waals surface area contributed by atoms with Gasteiger partial charge in [-0.15, -0.1) is 0 Å². The highest BCUT2D eigenvalue weighted by atomic mass is 16.1. The number of hydrogen-bond acceptors (Lipinski definition) is 3. The fourth-order valence-corrected chi connectivity index (χ4v) is 2.13. The van der Waals surface area contributed by atoms with Crippen LogP contribution in [0, 0.1) is 0 Å². The fraction of sp³-hybridized carbons (Fsp3) is 0.667. The zero-order valence-corrected chi connectivity index (χ0v) is 10.1. The van der Waals surface area contributed by atoms with Gasteiger partial charge in [0.2, 0.25) is 5.91 Å². The third kappa shape index (κ3) is 4.19. The van der Waals surface area contributed by atoms with E-state index in [1.54, 1.807) is 12.5 Å². The molecule has 0 radical (unpaired) electrons. The summed E-state index contributed by atoms with van der Waals surface area (Å²) < 4.78 is 1.91. The van der Waals surface area contributed by atoms with Crippen molar-refractivity contribution in [2.75, 3.05) is 13.1 Å². The molecule has 5 nitrogen and oxygen atoms in total. The number of rotatable bonds is 6. The van der Waals surface area contributed by atoms with E-state index >= 15 is 0 Å². The number of imidazole rings is 1. The SMILES string of the molecule is O=C(CCn1ccnc1)NCCC1CCCN1. The summed E-state index contributed by atoms with van der Waals surface area (Å²) in [6.07, 6.45) is 9.39. The maximum absolute atomic E-state index is 11.5. The second-order valence-corrected chi connectivity index (χ2v) is 4.48. The van der Waals surface area contributed by atoms with E-state index in [4.69, 9.17) is 0 Å². The van der Waals surface area contributed by atoms with E-state index in [1.807, 2.05) is 10.8 Å². The molecule has 0 spiro atoms. The number of aryl methyl sites for hydroxylation is 1. The molecule has 1 aliphatic rings. The number of carbonyl (C=O) groups excluding carboxylic acids is 1. The van der Waals surface area contributed by atoms with Crippen LogP contribution in [0.4, 0.5) is 0 Å². The van der Waals surface area contributed by atoms with Crippen molar-refractivity contribution in [2.24, 2.45) is 0 Å². The smallest absolute Gasteiger partial charge is 0.221 e.